The minimum atomic E-state index is 0.00153. The highest BCUT2D eigenvalue weighted by Crippen LogP contribution is 2.29. The molecule has 0 saturated carbocycles. The van der Waals surface area contributed by atoms with Crippen molar-refractivity contribution in [3.63, 3.8) is 0 Å². The van der Waals surface area contributed by atoms with E-state index in [1.807, 2.05) is 18.2 Å². The van der Waals surface area contributed by atoms with Gasteiger partial charge in [-0.3, -0.25) is 4.79 Å². The molecule has 3 heteroatoms. The molecule has 0 fully saturated rings. The van der Waals surface area contributed by atoms with E-state index in [9.17, 15) is 4.79 Å². The van der Waals surface area contributed by atoms with Gasteiger partial charge in [-0.1, -0.05) is 43.3 Å². The maximum Gasteiger partial charge on any atom is 0.216 e. The van der Waals surface area contributed by atoms with Crippen LogP contribution in [-0.4, -0.2) is 12.5 Å². The van der Waals surface area contributed by atoms with Crippen LogP contribution in [0.1, 0.15) is 36.3 Å². The minimum absolute atomic E-state index is 0.00153. The summed E-state index contributed by atoms with van der Waals surface area (Å²) in [5.41, 5.74) is 4.66. The van der Waals surface area contributed by atoms with Gasteiger partial charge in [-0.25, -0.2) is 0 Å². The first-order chi connectivity index (χ1) is 11.7. The topological polar surface area (TPSA) is 42.2 Å². The number of fused-ring (bicyclic) bond motifs is 1. The molecule has 0 unspecified atom stereocenters. The molecule has 124 valence electrons. The van der Waals surface area contributed by atoms with Crippen molar-refractivity contribution < 1.29 is 9.21 Å². The number of hydrogen-bond acceptors (Lipinski definition) is 2. The molecular weight excluding hydrogens is 298 g/mol. The van der Waals surface area contributed by atoms with Crippen molar-refractivity contribution in [2.24, 2.45) is 0 Å². The number of carbonyl (C=O) groups is 1. The predicted molar refractivity (Wildman–Crippen MR) is 97.2 cm³/mol. The molecule has 1 heterocycles. The molecule has 0 aliphatic rings. The van der Waals surface area contributed by atoms with E-state index in [1.165, 1.54) is 22.1 Å². The van der Waals surface area contributed by atoms with Crippen molar-refractivity contribution in [2.45, 2.75) is 33.1 Å². The summed E-state index contributed by atoms with van der Waals surface area (Å²) in [7, 11) is 0. The van der Waals surface area contributed by atoms with E-state index in [2.05, 4.69) is 42.6 Å². The lowest BCUT2D eigenvalue weighted by atomic mass is 10.0. The van der Waals surface area contributed by atoms with Gasteiger partial charge in [0.1, 0.15) is 11.3 Å². The molecule has 0 saturated heterocycles. The van der Waals surface area contributed by atoms with E-state index in [1.54, 1.807) is 6.92 Å². The van der Waals surface area contributed by atoms with Crippen molar-refractivity contribution >= 4 is 16.9 Å². The number of rotatable bonds is 6. The SMILES string of the molecule is CCc1ccc2oc(Cc3ccccc3)c(CCNC(C)=O)c2c1. The van der Waals surface area contributed by atoms with Crippen LogP contribution in [0.5, 0.6) is 0 Å². The molecule has 1 amide bonds. The Balaban J connectivity index is 1.97. The summed E-state index contributed by atoms with van der Waals surface area (Å²) in [5, 5.41) is 4.06. The Hall–Kier alpha value is -2.55. The Morgan fingerprint density at radius 2 is 1.88 bits per heavy atom. The molecule has 0 aliphatic heterocycles. The second-order valence-electron chi connectivity index (χ2n) is 6.08. The molecular formula is C21H23NO2. The van der Waals surface area contributed by atoms with Crippen LogP contribution in [0.4, 0.5) is 0 Å². The summed E-state index contributed by atoms with van der Waals surface area (Å²) >= 11 is 0. The van der Waals surface area contributed by atoms with E-state index in [0.29, 0.717) is 6.54 Å². The number of furan rings is 1. The lowest BCUT2D eigenvalue weighted by Crippen LogP contribution is -2.22. The number of carbonyl (C=O) groups excluding carboxylic acids is 1. The third-order valence-electron chi connectivity index (χ3n) is 4.30. The molecule has 3 aromatic rings. The number of amides is 1. The smallest absolute Gasteiger partial charge is 0.216 e. The van der Waals surface area contributed by atoms with Gasteiger partial charge in [0.05, 0.1) is 0 Å². The van der Waals surface area contributed by atoms with E-state index in [-0.39, 0.29) is 5.91 Å². The van der Waals surface area contributed by atoms with Crippen molar-refractivity contribution in [3.8, 4) is 0 Å². The van der Waals surface area contributed by atoms with Gasteiger partial charge in [-0.05, 0) is 36.1 Å². The quantitative estimate of drug-likeness (QED) is 0.737. The van der Waals surface area contributed by atoms with Crippen LogP contribution in [0.25, 0.3) is 11.0 Å². The summed E-state index contributed by atoms with van der Waals surface area (Å²) in [6, 6.07) is 16.7. The summed E-state index contributed by atoms with van der Waals surface area (Å²) in [4.78, 5) is 11.2. The van der Waals surface area contributed by atoms with Crippen LogP contribution >= 0.6 is 0 Å². The maximum atomic E-state index is 11.2. The fourth-order valence-electron chi connectivity index (χ4n) is 3.03. The molecule has 1 N–H and O–H groups in total. The summed E-state index contributed by atoms with van der Waals surface area (Å²) in [6.07, 6.45) is 2.55. The van der Waals surface area contributed by atoms with Gasteiger partial charge in [0.15, 0.2) is 0 Å². The molecule has 3 nitrogen and oxygen atoms in total. The van der Waals surface area contributed by atoms with Gasteiger partial charge in [-0.2, -0.15) is 0 Å². The lowest BCUT2D eigenvalue weighted by Gasteiger charge is -2.05. The van der Waals surface area contributed by atoms with Gasteiger partial charge >= 0.3 is 0 Å². The highest BCUT2D eigenvalue weighted by Gasteiger charge is 2.15. The number of hydrogen-bond donors (Lipinski definition) is 1. The van der Waals surface area contributed by atoms with Crippen molar-refractivity contribution in [1.82, 2.24) is 5.32 Å². The number of aryl methyl sites for hydroxylation is 1. The summed E-state index contributed by atoms with van der Waals surface area (Å²) < 4.78 is 6.15. The average molecular weight is 321 g/mol. The zero-order chi connectivity index (χ0) is 16.9. The Morgan fingerprint density at radius 1 is 1.08 bits per heavy atom. The molecule has 24 heavy (non-hydrogen) atoms. The third-order valence-corrected chi connectivity index (χ3v) is 4.30. The van der Waals surface area contributed by atoms with Crippen LogP contribution in [0.15, 0.2) is 52.9 Å². The first kappa shape index (κ1) is 16.3. The number of benzene rings is 2. The predicted octanol–water partition coefficient (Wildman–Crippen LogP) is 4.26. The van der Waals surface area contributed by atoms with Gasteiger partial charge in [0.25, 0.3) is 0 Å². The summed E-state index contributed by atoms with van der Waals surface area (Å²) in [5.74, 6) is 0.997. The van der Waals surface area contributed by atoms with Crippen LogP contribution < -0.4 is 5.32 Å². The molecule has 0 atom stereocenters. The van der Waals surface area contributed by atoms with Crippen LogP contribution in [-0.2, 0) is 24.1 Å². The molecule has 0 aliphatic carbocycles. The van der Waals surface area contributed by atoms with E-state index < -0.39 is 0 Å². The van der Waals surface area contributed by atoms with Gasteiger partial charge in [0, 0.05) is 30.8 Å². The Labute approximate surface area is 142 Å². The zero-order valence-corrected chi connectivity index (χ0v) is 14.3. The van der Waals surface area contributed by atoms with Crippen LogP contribution in [0.3, 0.4) is 0 Å². The van der Waals surface area contributed by atoms with Gasteiger partial charge in [0.2, 0.25) is 5.91 Å². The first-order valence-corrected chi connectivity index (χ1v) is 8.49. The third kappa shape index (κ3) is 3.67. The summed E-state index contributed by atoms with van der Waals surface area (Å²) in [6.45, 7) is 4.33. The fraction of sp³-hybridized carbons (Fsp3) is 0.286. The van der Waals surface area contributed by atoms with Gasteiger partial charge < -0.3 is 9.73 Å². The second-order valence-corrected chi connectivity index (χ2v) is 6.08. The van der Waals surface area contributed by atoms with Crippen molar-refractivity contribution in [3.05, 3.63) is 71.0 Å². The Kier molecular flexibility index (Phi) is 4.99. The zero-order valence-electron chi connectivity index (χ0n) is 14.3. The molecule has 0 spiro atoms. The maximum absolute atomic E-state index is 11.2. The second kappa shape index (κ2) is 7.35. The van der Waals surface area contributed by atoms with Crippen molar-refractivity contribution in [1.29, 1.82) is 0 Å². The molecule has 1 aromatic heterocycles. The van der Waals surface area contributed by atoms with Crippen molar-refractivity contribution in [2.75, 3.05) is 6.54 Å². The molecule has 0 bridgehead atoms. The van der Waals surface area contributed by atoms with E-state index in [4.69, 9.17) is 4.42 Å². The lowest BCUT2D eigenvalue weighted by molar-refractivity contribution is -0.118. The normalized spacial score (nSPS) is 10.9. The first-order valence-electron chi connectivity index (χ1n) is 8.49. The van der Waals surface area contributed by atoms with Crippen LogP contribution in [0, 0.1) is 0 Å². The van der Waals surface area contributed by atoms with E-state index >= 15 is 0 Å². The van der Waals surface area contributed by atoms with Gasteiger partial charge in [-0.15, -0.1) is 0 Å². The van der Waals surface area contributed by atoms with Crippen LogP contribution in [0.2, 0.25) is 0 Å². The number of nitrogens with one attached hydrogen (secondary N) is 1. The molecule has 0 radical (unpaired) electrons. The van der Waals surface area contributed by atoms with E-state index in [0.717, 1.165) is 30.6 Å². The highest BCUT2D eigenvalue weighted by molar-refractivity contribution is 5.83. The Morgan fingerprint density at radius 3 is 2.58 bits per heavy atom. The molecule has 3 rings (SSSR count). The standard InChI is InChI=1S/C21H23NO2/c1-3-16-9-10-20-19(13-16)18(11-12-22-15(2)23)21(24-20)14-17-7-5-4-6-8-17/h4-10,13H,3,11-12,14H2,1-2H3,(H,22,23). The average Bonchev–Trinajstić information content (AvgIpc) is 2.92. The Bertz CT molecular complexity index is 834. The highest BCUT2D eigenvalue weighted by atomic mass is 16.3. The largest absolute Gasteiger partial charge is 0.460 e. The monoisotopic (exact) mass is 321 g/mol. The molecule has 2 aromatic carbocycles. The fourth-order valence-corrected chi connectivity index (χ4v) is 3.03. The minimum Gasteiger partial charge on any atom is -0.460 e.